The van der Waals surface area contributed by atoms with Crippen LogP contribution in [0.5, 0.6) is 0 Å². The van der Waals surface area contributed by atoms with Crippen LogP contribution in [0.4, 0.5) is 0 Å². The van der Waals surface area contributed by atoms with Crippen LogP contribution in [0, 0.1) is 0 Å². The van der Waals surface area contributed by atoms with Crippen LogP contribution >= 0.6 is 11.5 Å². The molecule has 0 radical (unpaired) electrons. The van der Waals surface area contributed by atoms with Gasteiger partial charge in [-0.1, -0.05) is 6.92 Å². The second-order valence-electron chi connectivity index (χ2n) is 1.80. The van der Waals surface area contributed by atoms with Crippen molar-refractivity contribution < 1.29 is 5.11 Å². The molecule has 0 saturated heterocycles. The lowest BCUT2D eigenvalue weighted by atomic mass is 10.3. The summed E-state index contributed by atoms with van der Waals surface area (Å²) in [4.78, 5) is 0.951. The molecule has 0 aliphatic rings. The fraction of sp³-hybridized carbons (Fsp3) is 0.500. The molecule has 1 heterocycles. The third-order valence-corrected chi connectivity index (χ3v) is 1.93. The van der Waals surface area contributed by atoms with Crippen molar-refractivity contribution in [1.82, 2.24) is 4.37 Å². The third kappa shape index (κ3) is 1.50. The molecule has 0 aliphatic heterocycles. The van der Waals surface area contributed by atoms with Gasteiger partial charge < -0.3 is 5.11 Å². The number of aliphatic hydroxyl groups excluding tert-OH is 1. The Morgan fingerprint density at radius 1 is 1.78 bits per heavy atom. The molecule has 2 nitrogen and oxygen atoms in total. The minimum Gasteiger partial charge on any atom is -0.391 e. The van der Waals surface area contributed by atoms with Crippen LogP contribution < -0.4 is 0 Å². The van der Waals surface area contributed by atoms with E-state index in [9.17, 15) is 0 Å². The van der Waals surface area contributed by atoms with E-state index in [1.165, 1.54) is 11.5 Å². The van der Waals surface area contributed by atoms with E-state index in [1.54, 1.807) is 0 Å². The molecule has 9 heavy (non-hydrogen) atoms. The number of hydrogen-bond donors (Lipinski definition) is 1. The highest BCUT2D eigenvalue weighted by Crippen LogP contribution is 2.09. The van der Waals surface area contributed by atoms with E-state index in [2.05, 4.69) is 11.3 Å². The third-order valence-electron chi connectivity index (χ3n) is 1.13. The molecule has 0 spiro atoms. The van der Waals surface area contributed by atoms with Crippen LogP contribution in [0.2, 0.25) is 0 Å². The molecule has 50 valence electrons. The highest BCUT2D eigenvalue weighted by Gasteiger charge is 1.95. The van der Waals surface area contributed by atoms with Crippen molar-refractivity contribution in [2.24, 2.45) is 0 Å². The summed E-state index contributed by atoms with van der Waals surface area (Å²) >= 11 is 1.37. The number of aliphatic hydroxyl groups is 1. The van der Waals surface area contributed by atoms with E-state index in [4.69, 9.17) is 5.11 Å². The molecule has 0 bridgehead atoms. The Hall–Kier alpha value is -0.410. The Labute approximate surface area is 58.3 Å². The first-order valence-electron chi connectivity index (χ1n) is 2.92. The maximum absolute atomic E-state index is 8.62. The van der Waals surface area contributed by atoms with Crippen LogP contribution in [0.15, 0.2) is 6.07 Å². The highest BCUT2D eigenvalue weighted by atomic mass is 32.1. The molecular formula is C6H9NOS. The maximum atomic E-state index is 8.62. The Bertz CT molecular complexity index is 166. The fourth-order valence-corrected chi connectivity index (χ4v) is 1.26. The largest absolute Gasteiger partial charge is 0.391 e. The van der Waals surface area contributed by atoms with Crippen LogP contribution in [-0.2, 0) is 13.0 Å². The number of rotatable bonds is 2. The highest BCUT2D eigenvalue weighted by molar-refractivity contribution is 7.05. The van der Waals surface area contributed by atoms with Crippen molar-refractivity contribution in [3.05, 3.63) is 16.6 Å². The van der Waals surface area contributed by atoms with Crippen LogP contribution in [0.3, 0.4) is 0 Å². The lowest BCUT2D eigenvalue weighted by Crippen LogP contribution is -1.75. The molecule has 0 aliphatic carbocycles. The van der Waals surface area contributed by atoms with E-state index in [-0.39, 0.29) is 6.61 Å². The van der Waals surface area contributed by atoms with Gasteiger partial charge in [0.15, 0.2) is 0 Å². The summed E-state index contributed by atoms with van der Waals surface area (Å²) < 4.78 is 4.09. The monoisotopic (exact) mass is 143 g/mol. The first-order valence-corrected chi connectivity index (χ1v) is 3.69. The average Bonchev–Trinajstić information content (AvgIpc) is 2.34. The van der Waals surface area contributed by atoms with Gasteiger partial charge in [-0.3, -0.25) is 0 Å². The van der Waals surface area contributed by atoms with E-state index in [0.717, 1.165) is 17.0 Å². The lowest BCUT2D eigenvalue weighted by Gasteiger charge is -1.80. The molecule has 1 N–H and O–H groups in total. The quantitative estimate of drug-likeness (QED) is 0.674. The van der Waals surface area contributed by atoms with Gasteiger partial charge in [-0.15, -0.1) is 0 Å². The fourth-order valence-electron chi connectivity index (χ4n) is 0.597. The zero-order valence-electron chi connectivity index (χ0n) is 5.29. The standard InChI is InChI=1S/C6H9NOS/c1-2-5-3-6(4-8)9-7-5/h3,8H,2,4H2,1H3. The van der Waals surface area contributed by atoms with Crippen molar-refractivity contribution in [2.75, 3.05) is 0 Å². The predicted octanol–water partition coefficient (Wildman–Crippen LogP) is 1.20. The molecule has 1 aromatic rings. The average molecular weight is 143 g/mol. The van der Waals surface area contributed by atoms with Gasteiger partial charge in [0.1, 0.15) is 0 Å². The van der Waals surface area contributed by atoms with Gasteiger partial charge in [0.05, 0.1) is 17.2 Å². The molecule has 3 heteroatoms. The number of aromatic nitrogens is 1. The van der Waals surface area contributed by atoms with Crippen molar-refractivity contribution in [2.45, 2.75) is 20.0 Å². The second kappa shape index (κ2) is 2.94. The first kappa shape index (κ1) is 6.71. The van der Waals surface area contributed by atoms with Crippen LogP contribution in [-0.4, -0.2) is 9.48 Å². The molecule has 0 amide bonds. The van der Waals surface area contributed by atoms with Crippen molar-refractivity contribution in [1.29, 1.82) is 0 Å². The van der Waals surface area contributed by atoms with E-state index < -0.39 is 0 Å². The van der Waals surface area contributed by atoms with Gasteiger partial charge >= 0.3 is 0 Å². The summed E-state index contributed by atoms with van der Waals surface area (Å²) in [6.45, 7) is 2.17. The molecule has 0 unspecified atom stereocenters. The van der Waals surface area contributed by atoms with Gasteiger partial charge in [0, 0.05) is 0 Å². The minimum absolute atomic E-state index is 0.123. The lowest BCUT2D eigenvalue weighted by molar-refractivity contribution is 0.285. The van der Waals surface area contributed by atoms with E-state index in [1.807, 2.05) is 6.07 Å². The first-order chi connectivity index (χ1) is 4.36. The molecule has 1 rings (SSSR count). The molecule has 1 aromatic heterocycles. The Morgan fingerprint density at radius 2 is 2.56 bits per heavy atom. The van der Waals surface area contributed by atoms with Crippen molar-refractivity contribution >= 4 is 11.5 Å². The normalized spacial score (nSPS) is 10.0. The summed E-state index contributed by atoms with van der Waals surface area (Å²) in [5.74, 6) is 0. The van der Waals surface area contributed by atoms with Crippen molar-refractivity contribution in [3.8, 4) is 0 Å². The number of nitrogens with zero attached hydrogens (tertiary/aromatic N) is 1. The van der Waals surface area contributed by atoms with Gasteiger partial charge in [-0.25, -0.2) is 0 Å². The minimum atomic E-state index is 0.123. The molecule has 0 fully saturated rings. The van der Waals surface area contributed by atoms with Gasteiger partial charge in [-0.2, -0.15) is 4.37 Å². The molecule has 0 aromatic carbocycles. The van der Waals surface area contributed by atoms with E-state index >= 15 is 0 Å². The number of aryl methyl sites for hydroxylation is 1. The zero-order valence-corrected chi connectivity index (χ0v) is 6.11. The summed E-state index contributed by atoms with van der Waals surface area (Å²) in [5, 5.41) is 8.62. The zero-order chi connectivity index (χ0) is 6.69. The van der Waals surface area contributed by atoms with Crippen molar-refractivity contribution in [3.63, 3.8) is 0 Å². The Morgan fingerprint density at radius 3 is 2.89 bits per heavy atom. The Kier molecular flexibility index (Phi) is 2.19. The maximum Gasteiger partial charge on any atom is 0.0790 e. The summed E-state index contributed by atoms with van der Waals surface area (Å²) in [7, 11) is 0. The SMILES string of the molecule is CCc1cc(CO)sn1. The predicted molar refractivity (Wildman–Crippen MR) is 37.4 cm³/mol. The molecule has 0 atom stereocenters. The van der Waals surface area contributed by atoms with Gasteiger partial charge in [0.2, 0.25) is 0 Å². The van der Waals surface area contributed by atoms with Gasteiger partial charge in [-0.05, 0) is 24.0 Å². The smallest absolute Gasteiger partial charge is 0.0790 e. The van der Waals surface area contributed by atoms with E-state index in [0.29, 0.717) is 0 Å². The van der Waals surface area contributed by atoms with Gasteiger partial charge in [0.25, 0.3) is 0 Å². The number of hydrogen-bond acceptors (Lipinski definition) is 3. The Balaban J connectivity index is 2.74. The second-order valence-corrected chi connectivity index (χ2v) is 2.69. The topological polar surface area (TPSA) is 33.1 Å². The summed E-state index contributed by atoms with van der Waals surface area (Å²) in [5.41, 5.74) is 1.07. The van der Waals surface area contributed by atoms with Crippen LogP contribution in [0.25, 0.3) is 0 Å². The molecular weight excluding hydrogens is 134 g/mol. The van der Waals surface area contributed by atoms with Crippen LogP contribution in [0.1, 0.15) is 17.5 Å². The molecule has 0 saturated carbocycles. The summed E-state index contributed by atoms with van der Waals surface area (Å²) in [6, 6.07) is 1.94. The summed E-state index contributed by atoms with van der Waals surface area (Å²) in [6.07, 6.45) is 0.955.